The molecule has 2 aromatic carbocycles. The average Bonchev–Trinajstić information content (AvgIpc) is 2.78. The maximum absolute atomic E-state index is 13.0. The first kappa shape index (κ1) is 20.2. The number of carbonyl (C=O) groups excluding carboxylic acids is 2. The molecule has 2 saturated heterocycles. The number of nitrogens with one attached hydrogen (secondary N) is 1. The van der Waals surface area contributed by atoms with Crippen molar-refractivity contribution in [1.82, 2.24) is 10.2 Å². The summed E-state index contributed by atoms with van der Waals surface area (Å²) in [5.74, 6) is 1.75. The molecule has 2 atom stereocenters. The van der Waals surface area contributed by atoms with Gasteiger partial charge in [0.1, 0.15) is 17.2 Å². The summed E-state index contributed by atoms with van der Waals surface area (Å²) < 4.78 is 10.9. The van der Waals surface area contributed by atoms with Crippen LogP contribution in [0, 0.1) is 5.41 Å². The molecule has 0 unspecified atom stereocenters. The first-order chi connectivity index (χ1) is 14.5. The topological polar surface area (TPSA) is 88.1 Å². The largest absolute Gasteiger partial charge is 0.497 e. The zero-order valence-electron chi connectivity index (χ0n) is 17.0. The van der Waals surface area contributed by atoms with Crippen molar-refractivity contribution < 1.29 is 24.2 Å². The molecule has 2 amide bonds. The van der Waals surface area contributed by atoms with Crippen molar-refractivity contribution in [3.8, 4) is 17.2 Å². The lowest BCUT2D eigenvalue weighted by Crippen LogP contribution is -2.62. The Morgan fingerprint density at radius 1 is 1.10 bits per heavy atom. The molecule has 158 valence electrons. The van der Waals surface area contributed by atoms with E-state index in [1.807, 2.05) is 24.3 Å². The third-order valence-electron chi connectivity index (χ3n) is 6.00. The zero-order chi connectivity index (χ0) is 21.1. The molecule has 2 fully saturated rings. The fourth-order valence-electron chi connectivity index (χ4n) is 4.24. The molecule has 2 aliphatic heterocycles. The van der Waals surface area contributed by atoms with Gasteiger partial charge in [-0.25, -0.2) is 0 Å². The van der Waals surface area contributed by atoms with E-state index >= 15 is 0 Å². The number of benzene rings is 2. The first-order valence-corrected chi connectivity index (χ1v) is 10.2. The Balaban J connectivity index is 1.44. The molecule has 1 spiro atoms. The van der Waals surface area contributed by atoms with Crippen LogP contribution in [0.1, 0.15) is 29.6 Å². The summed E-state index contributed by atoms with van der Waals surface area (Å²) in [6.45, 7) is 1.29. The number of rotatable bonds is 4. The van der Waals surface area contributed by atoms with Crippen molar-refractivity contribution in [3.63, 3.8) is 0 Å². The van der Waals surface area contributed by atoms with E-state index in [9.17, 15) is 14.7 Å². The molecule has 2 aromatic rings. The lowest BCUT2D eigenvalue weighted by Gasteiger charge is -2.46. The van der Waals surface area contributed by atoms with Gasteiger partial charge >= 0.3 is 0 Å². The molecule has 0 aliphatic carbocycles. The second-order valence-electron chi connectivity index (χ2n) is 7.85. The minimum absolute atomic E-state index is 0.143. The molecular formula is C23H26N2O5. The van der Waals surface area contributed by atoms with E-state index in [0.29, 0.717) is 43.0 Å². The van der Waals surface area contributed by atoms with E-state index in [-0.39, 0.29) is 18.4 Å². The maximum atomic E-state index is 13.0. The highest BCUT2D eigenvalue weighted by molar-refractivity contribution is 5.95. The number of nitrogens with zero attached hydrogens (tertiary/aromatic N) is 1. The van der Waals surface area contributed by atoms with E-state index in [4.69, 9.17) is 9.47 Å². The van der Waals surface area contributed by atoms with Gasteiger partial charge in [0, 0.05) is 25.2 Å². The number of ether oxygens (including phenoxy) is 2. The highest BCUT2D eigenvalue weighted by Gasteiger charge is 2.50. The van der Waals surface area contributed by atoms with Crippen molar-refractivity contribution in [3.05, 3.63) is 54.1 Å². The second kappa shape index (κ2) is 8.36. The summed E-state index contributed by atoms with van der Waals surface area (Å²) in [5, 5.41) is 13.4. The van der Waals surface area contributed by atoms with E-state index < -0.39 is 11.5 Å². The molecule has 0 radical (unpaired) electrons. The lowest BCUT2D eigenvalue weighted by molar-refractivity contribution is -0.147. The number of hydrogen-bond acceptors (Lipinski definition) is 5. The van der Waals surface area contributed by atoms with Crippen LogP contribution in [0.25, 0.3) is 0 Å². The third-order valence-corrected chi connectivity index (χ3v) is 6.00. The SMILES string of the molecule is COc1ccc(Oc2ccc(C(=O)N3CC[C@H](O)[C@@]4(CCCNC4=O)C3)cc2)cc1. The number of carbonyl (C=O) groups is 2. The number of amides is 2. The smallest absolute Gasteiger partial charge is 0.253 e. The van der Waals surface area contributed by atoms with Crippen LogP contribution in [0.5, 0.6) is 17.2 Å². The normalized spacial score (nSPS) is 23.7. The Labute approximate surface area is 175 Å². The van der Waals surface area contributed by atoms with Crippen LogP contribution in [0.2, 0.25) is 0 Å². The van der Waals surface area contributed by atoms with Crippen LogP contribution in [0.3, 0.4) is 0 Å². The molecule has 4 rings (SSSR count). The average molecular weight is 410 g/mol. The highest BCUT2D eigenvalue weighted by atomic mass is 16.5. The fourth-order valence-corrected chi connectivity index (χ4v) is 4.24. The quantitative estimate of drug-likeness (QED) is 0.809. The van der Waals surface area contributed by atoms with Crippen molar-refractivity contribution in [2.24, 2.45) is 5.41 Å². The van der Waals surface area contributed by atoms with E-state index in [0.717, 1.165) is 12.2 Å². The molecule has 0 saturated carbocycles. The Kier molecular flexibility index (Phi) is 5.63. The Morgan fingerprint density at radius 2 is 1.73 bits per heavy atom. The minimum Gasteiger partial charge on any atom is -0.497 e. The van der Waals surface area contributed by atoms with Crippen molar-refractivity contribution in [2.45, 2.75) is 25.4 Å². The monoisotopic (exact) mass is 410 g/mol. The van der Waals surface area contributed by atoms with Crippen LogP contribution in [-0.2, 0) is 4.79 Å². The van der Waals surface area contributed by atoms with Gasteiger partial charge in [-0.15, -0.1) is 0 Å². The van der Waals surface area contributed by atoms with Gasteiger partial charge in [0.2, 0.25) is 5.91 Å². The van der Waals surface area contributed by atoms with Crippen molar-refractivity contribution in [1.29, 1.82) is 0 Å². The van der Waals surface area contributed by atoms with Crippen LogP contribution in [-0.4, -0.2) is 54.7 Å². The number of hydrogen-bond donors (Lipinski definition) is 2. The van der Waals surface area contributed by atoms with Gasteiger partial charge in [0.05, 0.1) is 18.6 Å². The minimum atomic E-state index is -0.899. The maximum Gasteiger partial charge on any atom is 0.253 e. The second-order valence-corrected chi connectivity index (χ2v) is 7.85. The molecule has 2 heterocycles. The molecule has 7 nitrogen and oxygen atoms in total. The summed E-state index contributed by atoms with van der Waals surface area (Å²) in [4.78, 5) is 27.2. The number of piperidine rings is 2. The summed E-state index contributed by atoms with van der Waals surface area (Å²) in [7, 11) is 1.61. The predicted molar refractivity (Wildman–Crippen MR) is 111 cm³/mol. The number of likely N-dealkylation sites (tertiary alicyclic amines) is 1. The Hall–Kier alpha value is -3.06. The van der Waals surface area contributed by atoms with Crippen LogP contribution in [0.4, 0.5) is 0 Å². The first-order valence-electron chi connectivity index (χ1n) is 10.2. The third kappa shape index (κ3) is 3.85. The molecular weight excluding hydrogens is 384 g/mol. The number of methoxy groups -OCH3 is 1. The van der Waals surface area contributed by atoms with Gasteiger partial charge in [-0.05, 0) is 67.8 Å². The molecule has 0 bridgehead atoms. The predicted octanol–water partition coefficient (Wildman–Crippen LogP) is 2.59. The van der Waals surface area contributed by atoms with E-state index in [2.05, 4.69) is 5.32 Å². The summed E-state index contributed by atoms with van der Waals surface area (Å²) in [6, 6.07) is 14.2. The van der Waals surface area contributed by atoms with Crippen molar-refractivity contribution in [2.75, 3.05) is 26.7 Å². The van der Waals surface area contributed by atoms with E-state index in [1.165, 1.54) is 0 Å². The van der Waals surface area contributed by atoms with Gasteiger partial charge in [-0.2, -0.15) is 0 Å². The number of aliphatic hydroxyl groups excluding tert-OH is 1. The fraction of sp³-hybridized carbons (Fsp3) is 0.391. The standard InChI is InChI=1S/C23H26N2O5/c1-29-17-7-9-19(10-8-17)30-18-5-3-16(4-6-18)21(27)25-14-11-20(26)23(15-25)12-2-13-24-22(23)28/h3-10,20,26H,2,11-15H2,1H3,(H,24,28)/t20-,23+/m0/s1. The van der Waals surface area contributed by atoms with Crippen LogP contribution in [0.15, 0.2) is 48.5 Å². The highest BCUT2D eigenvalue weighted by Crippen LogP contribution is 2.37. The summed E-state index contributed by atoms with van der Waals surface area (Å²) >= 11 is 0. The Bertz CT molecular complexity index is 912. The Morgan fingerprint density at radius 3 is 2.37 bits per heavy atom. The van der Waals surface area contributed by atoms with Gasteiger partial charge in [0.25, 0.3) is 5.91 Å². The molecule has 2 aliphatic rings. The van der Waals surface area contributed by atoms with Gasteiger partial charge in [-0.3, -0.25) is 9.59 Å². The van der Waals surface area contributed by atoms with Crippen molar-refractivity contribution >= 4 is 11.8 Å². The van der Waals surface area contributed by atoms with Gasteiger partial charge < -0.3 is 24.8 Å². The van der Waals surface area contributed by atoms with Gasteiger partial charge in [-0.1, -0.05) is 0 Å². The molecule has 7 heteroatoms. The van der Waals surface area contributed by atoms with Crippen LogP contribution < -0.4 is 14.8 Å². The van der Waals surface area contributed by atoms with E-state index in [1.54, 1.807) is 36.3 Å². The lowest BCUT2D eigenvalue weighted by atomic mass is 9.71. The molecule has 2 N–H and O–H groups in total. The summed E-state index contributed by atoms with van der Waals surface area (Å²) in [5.41, 5.74) is -0.372. The van der Waals surface area contributed by atoms with Crippen LogP contribution >= 0.6 is 0 Å². The number of aliphatic hydroxyl groups is 1. The van der Waals surface area contributed by atoms with Gasteiger partial charge in [0.15, 0.2) is 0 Å². The summed E-state index contributed by atoms with van der Waals surface area (Å²) in [6.07, 6.45) is 1.08. The zero-order valence-corrected chi connectivity index (χ0v) is 17.0. The molecule has 30 heavy (non-hydrogen) atoms. The molecule has 0 aromatic heterocycles.